The van der Waals surface area contributed by atoms with E-state index in [4.69, 9.17) is 9.47 Å². The number of methoxy groups -OCH3 is 2. The first-order valence-corrected chi connectivity index (χ1v) is 9.62. The molecule has 2 heterocycles. The van der Waals surface area contributed by atoms with Gasteiger partial charge in [-0.3, -0.25) is 9.59 Å². The quantitative estimate of drug-likeness (QED) is 0.830. The van der Waals surface area contributed by atoms with Crippen LogP contribution in [0.25, 0.3) is 10.8 Å². The van der Waals surface area contributed by atoms with Crippen molar-refractivity contribution in [3.8, 4) is 11.5 Å². The summed E-state index contributed by atoms with van der Waals surface area (Å²) in [5.41, 5.74) is -0.181. The lowest BCUT2D eigenvalue weighted by Gasteiger charge is -2.41. The number of aromatic nitrogens is 1. The van der Waals surface area contributed by atoms with E-state index < -0.39 is 0 Å². The maximum atomic E-state index is 12.9. The lowest BCUT2D eigenvalue weighted by molar-refractivity contribution is -0.135. The van der Waals surface area contributed by atoms with Gasteiger partial charge in [0.1, 0.15) is 6.54 Å². The molecule has 0 spiro atoms. The molecule has 144 valence electrons. The van der Waals surface area contributed by atoms with Gasteiger partial charge in [-0.25, -0.2) is 0 Å². The van der Waals surface area contributed by atoms with E-state index in [1.54, 1.807) is 32.5 Å². The molecule has 2 aliphatic rings. The predicted octanol–water partition coefficient (Wildman–Crippen LogP) is 2.67. The first-order valence-electron chi connectivity index (χ1n) is 9.62. The average molecular weight is 370 g/mol. The Balaban J connectivity index is 1.60. The number of likely N-dealkylation sites (tertiary alicyclic amines) is 1. The molecule has 1 aromatic carbocycles. The second-order valence-corrected chi connectivity index (χ2v) is 7.71. The van der Waals surface area contributed by atoms with Gasteiger partial charge in [-0.2, -0.15) is 0 Å². The van der Waals surface area contributed by atoms with Crippen LogP contribution in [0.3, 0.4) is 0 Å². The Morgan fingerprint density at radius 3 is 2.48 bits per heavy atom. The summed E-state index contributed by atoms with van der Waals surface area (Å²) in [5.74, 6) is 2.42. The van der Waals surface area contributed by atoms with Crippen molar-refractivity contribution in [2.75, 3.05) is 27.3 Å². The molecule has 6 nitrogen and oxygen atoms in total. The molecule has 2 fully saturated rings. The highest BCUT2D eigenvalue weighted by Gasteiger charge is 2.32. The number of pyridine rings is 1. The van der Waals surface area contributed by atoms with Crippen molar-refractivity contribution in [1.82, 2.24) is 9.47 Å². The van der Waals surface area contributed by atoms with Crippen LogP contribution in [0.2, 0.25) is 0 Å². The van der Waals surface area contributed by atoms with Crippen molar-refractivity contribution in [3.05, 3.63) is 34.7 Å². The first-order chi connectivity index (χ1) is 13.1. The monoisotopic (exact) mass is 370 g/mol. The van der Waals surface area contributed by atoms with Gasteiger partial charge in [-0.15, -0.1) is 0 Å². The van der Waals surface area contributed by atoms with Crippen molar-refractivity contribution < 1.29 is 14.3 Å². The standard InChI is InChI=1S/C21H26N2O4/c1-26-18-7-6-17-16(20(18)27-2)8-9-22(21(17)25)13-19(24)23-11-14-4-3-5-15(10-14)12-23/h6-9,14-15H,3-5,10-13H2,1-2H3/t14-,15-/m0/s1. The van der Waals surface area contributed by atoms with Gasteiger partial charge in [0.2, 0.25) is 5.91 Å². The Labute approximate surface area is 158 Å². The first kappa shape index (κ1) is 17.9. The molecule has 0 unspecified atom stereocenters. The van der Waals surface area contributed by atoms with Crippen LogP contribution in [-0.4, -0.2) is 42.7 Å². The summed E-state index contributed by atoms with van der Waals surface area (Å²) in [6, 6.07) is 5.27. The molecule has 2 bridgehead atoms. The minimum atomic E-state index is -0.181. The van der Waals surface area contributed by atoms with Gasteiger partial charge >= 0.3 is 0 Å². The summed E-state index contributed by atoms with van der Waals surface area (Å²) in [6.45, 7) is 1.76. The molecular weight excluding hydrogens is 344 g/mol. The fourth-order valence-electron chi connectivity index (χ4n) is 4.70. The van der Waals surface area contributed by atoms with Gasteiger partial charge in [0, 0.05) is 24.7 Å². The molecule has 1 amide bonds. The molecule has 1 aliphatic heterocycles. The number of amides is 1. The van der Waals surface area contributed by atoms with Crippen molar-refractivity contribution in [2.24, 2.45) is 11.8 Å². The van der Waals surface area contributed by atoms with Crippen molar-refractivity contribution >= 4 is 16.7 Å². The highest BCUT2D eigenvalue weighted by molar-refractivity contribution is 5.90. The molecule has 2 atom stereocenters. The molecule has 1 saturated heterocycles. The molecule has 27 heavy (non-hydrogen) atoms. The molecule has 1 aliphatic carbocycles. The third-order valence-electron chi connectivity index (χ3n) is 6.00. The third-order valence-corrected chi connectivity index (χ3v) is 6.00. The van der Waals surface area contributed by atoms with E-state index in [-0.39, 0.29) is 18.0 Å². The number of rotatable bonds is 4. The van der Waals surface area contributed by atoms with Gasteiger partial charge in [0.15, 0.2) is 11.5 Å². The summed E-state index contributed by atoms with van der Waals surface area (Å²) >= 11 is 0. The summed E-state index contributed by atoms with van der Waals surface area (Å²) < 4.78 is 12.2. The Hall–Kier alpha value is -2.50. The number of piperidine rings is 1. The minimum absolute atomic E-state index is 0.0357. The van der Waals surface area contributed by atoms with E-state index in [2.05, 4.69) is 0 Å². The fraction of sp³-hybridized carbons (Fsp3) is 0.524. The van der Waals surface area contributed by atoms with Crippen molar-refractivity contribution in [3.63, 3.8) is 0 Å². The number of benzene rings is 1. The highest BCUT2D eigenvalue weighted by Crippen LogP contribution is 2.35. The van der Waals surface area contributed by atoms with Crippen LogP contribution in [0.1, 0.15) is 25.7 Å². The van der Waals surface area contributed by atoms with E-state index in [1.165, 1.54) is 30.3 Å². The summed E-state index contributed by atoms with van der Waals surface area (Å²) in [6.07, 6.45) is 6.65. The van der Waals surface area contributed by atoms with Crippen LogP contribution >= 0.6 is 0 Å². The van der Waals surface area contributed by atoms with Crippen LogP contribution in [0.5, 0.6) is 11.5 Å². The number of carbonyl (C=O) groups excluding carboxylic acids is 1. The van der Waals surface area contributed by atoms with E-state index in [1.807, 2.05) is 11.0 Å². The Morgan fingerprint density at radius 1 is 1.07 bits per heavy atom. The van der Waals surface area contributed by atoms with Gasteiger partial charge in [0.05, 0.1) is 19.6 Å². The van der Waals surface area contributed by atoms with Crippen LogP contribution in [0.4, 0.5) is 0 Å². The number of fused-ring (bicyclic) bond motifs is 3. The topological polar surface area (TPSA) is 60.8 Å². The van der Waals surface area contributed by atoms with Crippen molar-refractivity contribution in [2.45, 2.75) is 32.2 Å². The van der Waals surface area contributed by atoms with Crippen molar-refractivity contribution in [1.29, 1.82) is 0 Å². The summed E-state index contributed by atoms with van der Waals surface area (Å²) in [5, 5.41) is 1.22. The lowest BCUT2D eigenvalue weighted by atomic mass is 9.78. The summed E-state index contributed by atoms with van der Waals surface area (Å²) in [4.78, 5) is 27.7. The molecule has 2 aromatic rings. The number of hydrogen-bond acceptors (Lipinski definition) is 4. The number of nitrogens with zero attached hydrogens (tertiary/aromatic N) is 2. The van der Waals surface area contributed by atoms with Crippen LogP contribution in [-0.2, 0) is 11.3 Å². The molecule has 6 heteroatoms. The highest BCUT2D eigenvalue weighted by atomic mass is 16.5. The number of ether oxygens (including phenoxy) is 2. The Morgan fingerprint density at radius 2 is 1.81 bits per heavy atom. The number of hydrogen-bond donors (Lipinski definition) is 0. The van der Waals surface area contributed by atoms with E-state index in [0.717, 1.165) is 13.1 Å². The molecule has 0 radical (unpaired) electrons. The summed E-state index contributed by atoms with van der Waals surface area (Å²) in [7, 11) is 3.12. The van der Waals surface area contributed by atoms with E-state index in [9.17, 15) is 9.59 Å². The number of carbonyl (C=O) groups is 1. The molecule has 4 rings (SSSR count). The Kier molecular flexibility index (Phi) is 4.81. The van der Waals surface area contributed by atoms with Gasteiger partial charge in [0.25, 0.3) is 5.56 Å². The van der Waals surface area contributed by atoms with Crippen LogP contribution < -0.4 is 15.0 Å². The zero-order chi connectivity index (χ0) is 19.0. The minimum Gasteiger partial charge on any atom is -0.493 e. The predicted molar refractivity (Wildman–Crippen MR) is 103 cm³/mol. The van der Waals surface area contributed by atoms with Crippen LogP contribution in [0.15, 0.2) is 29.2 Å². The average Bonchev–Trinajstić information content (AvgIpc) is 2.68. The Bertz CT molecular complexity index is 908. The third kappa shape index (κ3) is 3.29. The van der Waals surface area contributed by atoms with E-state index in [0.29, 0.717) is 34.1 Å². The lowest BCUT2D eigenvalue weighted by Crippen LogP contribution is -2.47. The maximum Gasteiger partial charge on any atom is 0.259 e. The fourth-order valence-corrected chi connectivity index (χ4v) is 4.70. The maximum absolute atomic E-state index is 12.9. The van der Waals surface area contributed by atoms with Gasteiger partial charge < -0.3 is 18.9 Å². The normalized spacial score (nSPS) is 21.9. The van der Waals surface area contributed by atoms with Crippen LogP contribution in [0, 0.1) is 11.8 Å². The van der Waals surface area contributed by atoms with Gasteiger partial charge in [-0.1, -0.05) is 6.42 Å². The zero-order valence-electron chi connectivity index (χ0n) is 15.9. The zero-order valence-corrected chi connectivity index (χ0v) is 15.9. The largest absolute Gasteiger partial charge is 0.493 e. The second kappa shape index (κ2) is 7.25. The molecule has 0 N–H and O–H groups in total. The van der Waals surface area contributed by atoms with Gasteiger partial charge in [-0.05, 0) is 49.3 Å². The molecule has 1 saturated carbocycles. The SMILES string of the molecule is COc1ccc2c(=O)n(CC(=O)N3C[C@H]4CCC[C@@H](C4)C3)ccc2c1OC. The van der Waals surface area contributed by atoms with E-state index >= 15 is 0 Å². The second-order valence-electron chi connectivity index (χ2n) is 7.71. The molecular formula is C21H26N2O4. The smallest absolute Gasteiger partial charge is 0.259 e. The molecule has 1 aromatic heterocycles.